The molecule has 0 heterocycles. The predicted octanol–water partition coefficient (Wildman–Crippen LogP) is 4.70. The van der Waals surface area contributed by atoms with Gasteiger partial charge in [-0.2, -0.15) is 0 Å². The first-order valence-electron chi connectivity index (χ1n) is 10.8. The van der Waals surface area contributed by atoms with E-state index in [1.165, 1.54) is 0 Å². The zero-order valence-electron chi connectivity index (χ0n) is 17.9. The number of esters is 1. The summed E-state index contributed by atoms with van der Waals surface area (Å²) in [4.78, 5) is 24.8. The molecule has 1 saturated carbocycles. The van der Waals surface area contributed by atoms with Crippen molar-refractivity contribution in [2.24, 2.45) is 0 Å². The Labute approximate surface area is 189 Å². The number of alkyl carbamates (subject to hydrolysis) is 1. The second kappa shape index (κ2) is 11.7. The van der Waals surface area contributed by atoms with Gasteiger partial charge in [0.25, 0.3) is 0 Å². The molecule has 0 aliphatic heterocycles. The van der Waals surface area contributed by atoms with E-state index in [0.29, 0.717) is 30.5 Å². The van der Waals surface area contributed by atoms with Crippen LogP contribution in [0.15, 0.2) is 42.5 Å². The molecule has 1 amide bonds. The molecule has 33 heavy (non-hydrogen) atoms. The highest BCUT2D eigenvalue weighted by Crippen LogP contribution is 2.26. The van der Waals surface area contributed by atoms with Crippen LogP contribution in [0.1, 0.15) is 55.8 Å². The van der Waals surface area contributed by atoms with Gasteiger partial charge in [-0.25, -0.2) is 18.0 Å². The molecular formula is C24H26F3NO5. The zero-order chi connectivity index (χ0) is 23.8. The van der Waals surface area contributed by atoms with Crippen LogP contribution in [-0.4, -0.2) is 29.3 Å². The van der Waals surface area contributed by atoms with Crippen molar-refractivity contribution in [3.8, 4) is 0 Å². The largest absolute Gasteiger partial charge is 0.462 e. The normalized spacial score (nSPS) is 16.0. The van der Waals surface area contributed by atoms with Gasteiger partial charge < -0.3 is 19.9 Å². The van der Waals surface area contributed by atoms with Gasteiger partial charge in [-0.3, -0.25) is 4.79 Å². The molecule has 0 aromatic heterocycles. The van der Waals surface area contributed by atoms with Crippen LogP contribution in [0.3, 0.4) is 0 Å². The maximum atomic E-state index is 14.2. The van der Waals surface area contributed by atoms with E-state index in [2.05, 4.69) is 5.32 Å². The fraction of sp³-hybridized carbons (Fsp3) is 0.417. The molecule has 1 unspecified atom stereocenters. The number of aliphatic hydroxyl groups excluding tert-OH is 1. The van der Waals surface area contributed by atoms with E-state index in [-0.39, 0.29) is 12.7 Å². The van der Waals surface area contributed by atoms with Crippen LogP contribution >= 0.6 is 0 Å². The van der Waals surface area contributed by atoms with Gasteiger partial charge in [0.15, 0.2) is 11.6 Å². The molecule has 178 valence electrons. The number of amides is 1. The molecule has 3 rings (SSSR count). The molecule has 1 aliphatic carbocycles. The fourth-order valence-electron chi connectivity index (χ4n) is 3.74. The smallest absolute Gasteiger partial charge is 0.407 e. The second-order valence-corrected chi connectivity index (χ2v) is 8.00. The summed E-state index contributed by atoms with van der Waals surface area (Å²) in [6, 6.07) is 8.17. The minimum atomic E-state index is -1.86. The number of halogens is 3. The first-order valence-corrected chi connectivity index (χ1v) is 10.8. The maximum absolute atomic E-state index is 14.2. The van der Waals surface area contributed by atoms with E-state index in [1.54, 1.807) is 30.3 Å². The highest BCUT2D eigenvalue weighted by Gasteiger charge is 2.31. The number of nitrogens with one attached hydrogen (secondary N) is 1. The average Bonchev–Trinajstić information content (AvgIpc) is 2.80. The third-order valence-corrected chi connectivity index (χ3v) is 5.49. The Hall–Kier alpha value is -3.07. The van der Waals surface area contributed by atoms with Crippen LogP contribution in [0.2, 0.25) is 0 Å². The van der Waals surface area contributed by atoms with Crippen LogP contribution in [-0.2, 0) is 20.9 Å². The lowest BCUT2D eigenvalue weighted by Gasteiger charge is -2.26. The Bertz CT molecular complexity index is 951. The molecule has 2 atom stereocenters. The van der Waals surface area contributed by atoms with Crippen molar-refractivity contribution in [1.82, 2.24) is 5.32 Å². The molecule has 6 nitrogen and oxygen atoms in total. The number of aliphatic hydroxyl groups is 1. The molecule has 2 aromatic rings. The van der Waals surface area contributed by atoms with Crippen molar-refractivity contribution in [3.05, 3.63) is 71.0 Å². The molecular weight excluding hydrogens is 439 g/mol. The quantitative estimate of drug-likeness (QED) is 0.436. The number of hydrogen-bond acceptors (Lipinski definition) is 5. The third kappa shape index (κ3) is 7.21. The minimum Gasteiger partial charge on any atom is -0.462 e. The SMILES string of the molecule is O=C(C[C@H](NC(=O)OCc1ccccc1)C(O)c1cc(F)c(F)cc1F)OC1CCCCC1. The summed E-state index contributed by atoms with van der Waals surface area (Å²) in [5, 5.41) is 13.0. The van der Waals surface area contributed by atoms with Crippen molar-refractivity contribution in [1.29, 1.82) is 0 Å². The summed E-state index contributed by atoms with van der Waals surface area (Å²) in [7, 11) is 0. The number of carbonyl (C=O) groups excluding carboxylic acids is 2. The lowest BCUT2D eigenvalue weighted by atomic mass is 9.97. The highest BCUT2D eigenvalue weighted by molar-refractivity contribution is 5.73. The molecule has 9 heteroatoms. The Morgan fingerprint density at radius 3 is 2.36 bits per heavy atom. The molecule has 1 fully saturated rings. The van der Waals surface area contributed by atoms with Crippen molar-refractivity contribution in [3.63, 3.8) is 0 Å². The van der Waals surface area contributed by atoms with Gasteiger partial charge in [0, 0.05) is 11.6 Å². The van der Waals surface area contributed by atoms with Gasteiger partial charge in [-0.15, -0.1) is 0 Å². The average molecular weight is 465 g/mol. The lowest BCUT2D eigenvalue weighted by Crippen LogP contribution is -2.42. The van der Waals surface area contributed by atoms with E-state index in [0.717, 1.165) is 19.3 Å². The van der Waals surface area contributed by atoms with Crippen molar-refractivity contribution in [2.45, 2.75) is 63.4 Å². The van der Waals surface area contributed by atoms with E-state index in [4.69, 9.17) is 9.47 Å². The topological polar surface area (TPSA) is 84.9 Å². The van der Waals surface area contributed by atoms with Crippen LogP contribution in [0.4, 0.5) is 18.0 Å². The first kappa shape index (κ1) is 24.6. The van der Waals surface area contributed by atoms with Gasteiger partial charge >= 0.3 is 12.1 Å². The summed E-state index contributed by atoms with van der Waals surface area (Å²) < 4.78 is 51.7. The van der Waals surface area contributed by atoms with Gasteiger partial charge in [-0.1, -0.05) is 36.8 Å². The summed E-state index contributed by atoms with van der Waals surface area (Å²) in [5.41, 5.74) is 0.0980. The Kier molecular flexibility index (Phi) is 8.71. The standard InChI is InChI=1S/C24H26F3NO5/c25-18-12-20(27)19(26)11-17(18)23(30)21(13-22(29)33-16-9-5-2-6-10-16)28-24(31)32-14-15-7-3-1-4-8-15/h1,3-4,7-8,11-12,16,21,23,30H,2,5-6,9-10,13-14H2,(H,28,31)/t21-,23?/m0/s1. The number of rotatable bonds is 8. The molecule has 2 N–H and O–H groups in total. The molecule has 2 aromatic carbocycles. The number of carbonyl (C=O) groups is 2. The number of ether oxygens (including phenoxy) is 2. The third-order valence-electron chi connectivity index (χ3n) is 5.49. The Morgan fingerprint density at radius 1 is 1.00 bits per heavy atom. The molecule has 0 radical (unpaired) electrons. The minimum absolute atomic E-state index is 0.0818. The molecule has 0 spiro atoms. The molecule has 1 aliphatic rings. The molecule has 0 bridgehead atoms. The first-order chi connectivity index (χ1) is 15.8. The summed E-state index contributed by atoms with van der Waals surface area (Å²) in [6.45, 7) is -0.0818. The number of hydrogen-bond donors (Lipinski definition) is 2. The summed E-state index contributed by atoms with van der Waals surface area (Å²) >= 11 is 0. The van der Waals surface area contributed by atoms with Crippen molar-refractivity contribution < 1.29 is 37.3 Å². The van der Waals surface area contributed by atoms with Crippen molar-refractivity contribution in [2.75, 3.05) is 0 Å². The van der Waals surface area contributed by atoms with E-state index in [9.17, 15) is 27.9 Å². The van der Waals surface area contributed by atoms with Gasteiger partial charge in [0.1, 0.15) is 24.6 Å². The van der Waals surface area contributed by atoms with Gasteiger partial charge in [-0.05, 0) is 37.3 Å². The Balaban J connectivity index is 1.71. The van der Waals surface area contributed by atoms with Crippen LogP contribution in [0, 0.1) is 17.5 Å². The van der Waals surface area contributed by atoms with E-state index < -0.39 is 53.6 Å². The van der Waals surface area contributed by atoms with E-state index in [1.807, 2.05) is 0 Å². The number of benzene rings is 2. The maximum Gasteiger partial charge on any atom is 0.407 e. The van der Waals surface area contributed by atoms with Gasteiger partial charge in [0.2, 0.25) is 0 Å². The predicted molar refractivity (Wildman–Crippen MR) is 112 cm³/mol. The second-order valence-electron chi connectivity index (χ2n) is 8.00. The summed E-state index contributed by atoms with van der Waals surface area (Å²) in [5.74, 6) is -4.73. The van der Waals surface area contributed by atoms with Crippen LogP contribution < -0.4 is 5.32 Å². The summed E-state index contributed by atoms with van der Waals surface area (Å²) in [6.07, 6.45) is 0.707. The van der Waals surface area contributed by atoms with Crippen LogP contribution in [0.25, 0.3) is 0 Å². The van der Waals surface area contributed by atoms with Gasteiger partial charge in [0.05, 0.1) is 12.5 Å². The van der Waals surface area contributed by atoms with E-state index >= 15 is 0 Å². The Morgan fingerprint density at radius 2 is 1.67 bits per heavy atom. The lowest BCUT2D eigenvalue weighted by molar-refractivity contribution is -0.151. The van der Waals surface area contributed by atoms with Crippen molar-refractivity contribution >= 4 is 12.1 Å². The molecule has 0 saturated heterocycles. The zero-order valence-corrected chi connectivity index (χ0v) is 17.9. The fourth-order valence-corrected chi connectivity index (χ4v) is 3.74. The van der Waals surface area contributed by atoms with Crippen LogP contribution in [0.5, 0.6) is 0 Å². The highest BCUT2D eigenvalue weighted by atomic mass is 19.2. The monoisotopic (exact) mass is 465 g/mol.